The van der Waals surface area contributed by atoms with Crippen LogP contribution in [0.3, 0.4) is 0 Å². The van der Waals surface area contributed by atoms with Gasteiger partial charge < -0.3 is 10.4 Å². The smallest absolute Gasteiger partial charge is 0.170 e. The molecule has 3 heteroatoms. The van der Waals surface area contributed by atoms with Crippen molar-refractivity contribution in [3.8, 4) is 0 Å². The van der Waals surface area contributed by atoms with Gasteiger partial charge in [0.2, 0.25) is 0 Å². The monoisotopic (exact) mass is 194 g/mol. The van der Waals surface area contributed by atoms with Gasteiger partial charge >= 0.3 is 0 Å². The van der Waals surface area contributed by atoms with Crippen LogP contribution in [0.1, 0.15) is 19.8 Å². The Bertz CT molecular complexity index is 265. The maximum atomic E-state index is 2.46. The lowest BCUT2D eigenvalue weighted by Gasteiger charge is -2.15. The molecule has 2 heterocycles. The van der Waals surface area contributed by atoms with Crippen LogP contribution in [0.2, 0.25) is 0 Å². The van der Waals surface area contributed by atoms with Gasteiger partial charge in [-0.25, -0.2) is 4.57 Å². The van der Waals surface area contributed by atoms with E-state index in [4.69, 9.17) is 0 Å². The molecule has 1 aromatic heterocycles. The van der Waals surface area contributed by atoms with Crippen LogP contribution in [-0.2, 0) is 6.54 Å². The average molecular weight is 194 g/mol. The molecule has 0 amide bonds. The van der Waals surface area contributed by atoms with Crippen LogP contribution in [0.25, 0.3) is 0 Å². The molecule has 0 saturated carbocycles. The Hall–Kier alpha value is -1.09. The molecule has 14 heavy (non-hydrogen) atoms. The second-order valence-electron chi connectivity index (χ2n) is 3.58. The third-order valence-corrected chi connectivity index (χ3v) is 2.71. The van der Waals surface area contributed by atoms with Gasteiger partial charge in [-0.2, -0.15) is 0 Å². The first-order valence-corrected chi connectivity index (χ1v) is 5.14. The normalized spacial score (nSPS) is 15.4. The number of pyridine rings is 1. The van der Waals surface area contributed by atoms with E-state index in [0.717, 1.165) is 6.54 Å². The Labute approximate surface area is 85.3 Å². The summed E-state index contributed by atoms with van der Waals surface area (Å²) in [7, 11) is 0. The first kappa shape index (κ1) is 11.0. The largest absolute Gasteiger partial charge is 0.870 e. The van der Waals surface area contributed by atoms with Gasteiger partial charge in [0.05, 0.1) is 0 Å². The van der Waals surface area contributed by atoms with E-state index in [-0.39, 0.29) is 5.48 Å². The zero-order valence-corrected chi connectivity index (χ0v) is 8.69. The van der Waals surface area contributed by atoms with Crippen LogP contribution in [-0.4, -0.2) is 18.6 Å². The first-order chi connectivity index (χ1) is 6.40. The highest BCUT2D eigenvalue weighted by Gasteiger charge is 2.12. The number of nitrogens with zero attached hydrogens (tertiary/aromatic N) is 2. The van der Waals surface area contributed by atoms with Crippen molar-refractivity contribution in [2.75, 3.05) is 18.0 Å². The minimum absolute atomic E-state index is 0. The third kappa shape index (κ3) is 2.23. The van der Waals surface area contributed by atoms with Gasteiger partial charge in [-0.1, -0.05) is 0 Å². The molecule has 3 nitrogen and oxygen atoms in total. The van der Waals surface area contributed by atoms with E-state index in [2.05, 4.69) is 40.9 Å². The molecule has 0 spiro atoms. The van der Waals surface area contributed by atoms with Gasteiger partial charge in [0.15, 0.2) is 12.4 Å². The highest BCUT2D eigenvalue weighted by Crippen LogP contribution is 2.17. The molecule has 0 unspecified atom stereocenters. The van der Waals surface area contributed by atoms with Crippen molar-refractivity contribution in [2.24, 2.45) is 0 Å². The number of aryl methyl sites for hydroxylation is 1. The van der Waals surface area contributed by atoms with Crippen molar-refractivity contribution < 1.29 is 10.0 Å². The summed E-state index contributed by atoms with van der Waals surface area (Å²) in [6.45, 7) is 5.68. The van der Waals surface area contributed by atoms with E-state index < -0.39 is 0 Å². The Morgan fingerprint density at radius 1 is 1.21 bits per heavy atom. The summed E-state index contributed by atoms with van der Waals surface area (Å²) >= 11 is 0. The fourth-order valence-electron chi connectivity index (χ4n) is 1.85. The molecule has 1 aromatic rings. The molecule has 1 fully saturated rings. The van der Waals surface area contributed by atoms with Crippen LogP contribution in [0, 0.1) is 0 Å². The van der Waals surface area contributed by atoms with Crippen molar-refractivity contribution >= 4 is 5.69 Å². The van der Waals surface area contributed by atoms with E-state index in [9.17, 15) is 0 Å². The molecule has 0 atom stereocenters. The van der Waals surface area contributed by atoms with Crippen molar-refractivity contribution in [1.29, 1.82) is 0 Å². The predicted octanol–water partition coefficient (Wildman–Crippen LogP) is 1.42. The second-order valence-corrected chi connectivity index (χ2v) is 3.58. The lowest BCUT2D eigenvalue weighted by atomic mass is 10.3. The summed E-state index contributed by atoms with van der Waals surface area (Å²) < 4.78 is 2.19. The van der Waals surface area contributed by atoms with Crippen LogP contribution in [0.15, 0.2) is 24.5 Å². The third-order valence-electron chi connectivity index (χ3n) is 2.71. The van der Waals surface area contributed by atoms with Gasteiger partial charge in [0, 0.05) is 30.9 Å². The average Bonchev–Trinajstić information content (AvgIpc) is 2.71. The molecule has 0 aromatic carbocycles. The highest BCUT2D eigenvalue weighted by molar-refractivity contribution is 5.44. The minimum Gasteiger partial charge on any atom is -0.870 e. The summed E-state index contributed by atoms with van der Waals surface area (Å²) in [5.41, 5.74) is 1.38. The van der Waals surface area contributed by atoms with E-state index in [1.165, 1.54) is 31.6 Å². The number of rotatable bonds is 2. The predicted molar refractivity (Wildman–Crippen MR) is 55.7 cm³/mol. The zero-order chi connectivity index (χ0) is 9.10. The second kappa shape index (κ2) is 4.96. The van der Waals surface area contributed by atoms with Crippen molar-refractivity contribution in [3.05, 3.63) is 24.5 Å². The lowest BCUT2D eigenvalue weighted by Crippen LogP contribution is -2.31. The Kier molecular flexibility index (Phi) is 3.89. The molecule has 0 bridgehead atoms. The number of hydrogen-bond acceptors (Lipinski definition) is 2. The number of anilines is 1. The van der Waals surface area contributed by atoms with E-state index in [1.54, 1.807) is 0 Å². The zero-order valence-electron chi connectivity index (χ0n) is 8.69. The molecule has 0 radical (unpaired) electrons. The van der Waals surface area contributed by atoms with Gasteiger partial charge in [-0.05, 0) is 19.8 Å². The van der Waals surface area contributed by atoms with Gasteiger partial charge in [0.1, 0.15) is 6.54 Å². The molecule has 1 aliphatic rings. The summed E-state index contributed by atoms with van der Waals surface area (Å²) in [5.74, 6) is 0. The van der Waals surface area contributed by atoms with E-state index in [1.807, 2.05) is 0 Å². The number of hydrogen-bond donors (Lipinski definition) is 0. The molecule has 2 rings (SSSR count). The fourth-order valence-corrected chi connectivity index (χ4v) is 1.85. The van der Waals surface area contributed by atoms with E-state index >= 15 is 0 Å². The van der Waals surface area contributed by atoms with E-state index in [0.29, 0.717) is 0 Å². The summed E-state index contributed by atoms with van der Waals surface area (Å²) in [6.07, 6.45) is 7.02. The summed E-state index contributed by atoms with van der Waals surface area (Å²) in [5, 5.41) is 0. The molecule has 78 valence electrons. The van der Waals surface area contributed by atoms with Crippen LogP contribution >= 0.6 is 0 Å². The topological polar surface area (TPSA) is 37.1 Å². The Morgan fingerprint density at radius 2 is 1.79 bits per heavy atom. The van der Waals surface area contributed by atoms with Gasteiger partial charge in [0.25, 0.3) is 0 Å². The minimum atomic E-state index is 0. The van der Waals surface area contributed by atoms with Gasteiger partial charge in [-0.3, -0.25) is 0 Å². The Morgan fingerprint density at radius 3 is 2.29 bits per heavy atom. The highest BCUT2D eigenvalue weighted by atomic mass is 16.0. The molecule has 1 saturated heterocycles. The standard InChI is InChI=1S/C11H17N2.H2O/c1-2-12-9-5-11(6-10-12)13-7-3-4-8-13;/h5-6,9-10H,2-4,7-8H2,1H3;1H2/q+1;/p-1. The van der Waals surface area contributed by atoms with Crippen LogP contribution in [0.4, 0.5) is 5.69 Å². The summed E-state index contributed by atoms with van der Waals surface area (Å²) in [6, 6.07) is 4.43. The quantitative estimate of drug-likeness (QED) is 0.668. The van der Waals surface area contributed by atoms with Crippen molar-refractivity contribution in [1.82, 2.24) is 0 Å². The SMILES string of the molecule is CC[n+]1ccc(N2CCCC2)cc1.[OH-]. The van der Waals surface area contributed by atoms with Gasteiger partial charge in [-0.15, -0.1) is 0 Å². The lowest BCUT2D eigenvalue weighted by molar-refractivity contribution is -0.693. The number of aromatic nitrogens is 1. The first-order valence-electron chi connectivity index (χ1n) is 5.14. The fraction of sp³-hybridized carbons (Fsp3) is 0.545. The Balaban J connectivity index is 0.000000980. The molecular formula is C11H18N2O. The molecular weight excluding hydrogens is 176 g/mol. The maximum absolute atomic E-state index is 2.46. The van der Waals surface area contributed by atoms with Crippen molar-refractivity contribution in [3.63, 3.8) is 0 Å². The molecule has 0 aliphatic carbocycles. The molecule has 1 aliphatic heterocycles. The summed E-state index contributed by atoms with van der Waals surface area (Å²) in [4.78, 5) is 2.46. The van der Waals surface area contributed by atoms with Crippen LogP contribution < -0.4 is 9.47 Å². The molecule has 1 N–H and O–H groups in total. The van der Waals surface area contributed by atoms with Crippen LogP contribution in [0.5, 0.6) is 0 Å². The maximum Gasteiger partial charge on any atom is 0.170 e. The van der Waals surface area contributed by atoms with Crippen molar-refractivity contribution in [2.45, 2.75) is 26.3 Å².